The van der Waals surface area contributed by atoms with Gasteiger partial charge in [0.1, 0.15) is 22.8 Å². The minimum Gasteiger partial charge on any atom is -0.457 e. The maximum atomic E-state index is 14.1. The molecule has 2 spiro atoms. The first-order valence-corrected chi connectivity index (χ1v) is 12.6. The Labute approximate surface area is 208 Å². The number of nitrogens with zero attached hydrogens (tertiary/aromatic N) is 1. The fourth-order valence-electron chi connectivity index (χ4n) is 8.76. The third-order valence-corrected chi connectivity index (χ3v) is 10.4. The van der Waals surface area contributed by atoms with Gasteiger partial charge in [-0.3, -0.25) is 4.79 Å². The minimum atomic E-state index is -2.29. The first-order chi connectivity index (χ1) is 16.4. The molecule has 3 N–H and O–H groups in total. The number of ketones is 1. The van der Waals surface area contributed by atoms with Crippen LogP contribution in [0.15, 0.2) is 30.5 Å². The largest absolute Gasteiger partial charge is 0.457 e. The van der Waals surface area contributed by atoms with Gasteiger partial charge in [0, 0.05) is 23.4 Å². The molecule has 4 saturated carbocycles. The highest BCUT2D eigenvalue weighted by Gasteiger charge is 2.87. The lowest BCUT2D eigenvalue weighted by Crippen LogP contribution is -2.85. The van der Waals surface area contributed by atoms with E-state index < -0.39 is 69.9 Å². The Balaban J connectivity index is 1.54. The molecular weight excluding hydrogens is 474 g/mol. The van der Waals surface area contributed by atoms with E-state index in [1.54, 1.807) is 6.07 Å². The summed E-state index contributed by atoms with van der Waals surface area (Å²) >= 11 is 6.13. The number of ether oxygens (including phenoxy) is 2. The normalized spacial score (nSPS) is 47.3. The predicted molar refractivity (Wildman–Crippen MR) is 123 cm³/mol. The van der Waals surface area contributed by atoms with Crippen molar-refractivity contribution < 1.29 is 34.4 Å². The zero-order valence-corrected chi connectivity index (χ0v) is 20.5. The smallest absolute Gasteiger partial charge is 0.341 e. The van der Waals surface area contributed by atoms with Gasteiger partial charge < -0.3 is 24.8 Å². The number of pyridine rings is 1. The first-order valence-electron chi connectivity index (χ1n) is 12.2. The number of aromatic nitrogens is 1. The first kappa shape index (κ1) is 23.6. The molecule has 6 aliphatic rings. The molecule has 0 radical (unpaired) electrons. The van der Waals surface area contributed by atoms with Crippen LogP contribution in [0.5, 0.6) is 0 Å². The number of Topliss-reactive ketones (excluding diaryl/α,β-unsaturated/α-hetero) is 1. The van der Waals surface area contributed by atoms with Crippen molar-refractivity contribution in [3.8, 4) is 0 Å². The number of carbonyl (C=O) groups is 2. The van der Waals surface area contributed by atoms with Gasteiger partial charge in [-0.15, -0.1) is 0 Å². The van der Waals surface area contributed by atoms with Gasteiger partial charge in [0.15, 0.2) is 5.78 Å². The summed E-state index contributed by atoms with van der Waals surface area (Å²) in [5.41, 5.74) is -2.89. The van der Waals surface area contributed by atoms with E-state index in [0.717, 1.165) is 0 Å². The number of halogens is 1. The fraction of sp³-hybridized carbons (Fsp3) is 0.654. The maximum absolute atomic E-state index is 14.1. The Morgan fingerprint density at radius 1 is 1.29 bits per heavy atom. The zero-order chi connectivity index (χ0) is 25.1. The van der Waals surface area contributed by atoms with E-state index in [1.807, 2.05) is 13.8 Å². The van der Waals surface area contributed by atoms with Crippen LogP contribution < -0.4 is 0 Å². The van der Waals surface area contributed by atoms with Crippen LogP contribution in [-0.2, 0) is 14.3 Å². The number of carbonyl (C=O) groups excluding carboxylic acids is 2. The number of aliphatic hydroxyl groups excluding tert-OH is 2. The summed E-state index contributed by atoms with van der Waals surface area (Å²) in [6.07, 6.45) is 0.177. The summed E-state index contributed by atoms with van der Waals surface area (Å²) in [7, 11) is 0. The van der Waals surface area contributed by atoms with Crippen LogP contribution in [0.1, 0.15) is 49.9 Å². The van der Waals surface area contributed by atoms with Crippen molar-refractivity contribution in [3.05, 3.63) is 41.2 Å². The van der Waals surface area contributed by atoms with Crippen LogP contribution >= 0.6 is 11.6 Å². The molecule has 0 aromatic carbocycles. The van der Waals surface area contributed by atoms with Crippen molar-refractivity contribution in [2.75, 3.05) is 6.61 Å². The summed E-state index contributed by atoms with van der Waals surface area (Å²) in [4.78, 5) is 31.2. The number of esters is 1. The van der Waals surface area contributed by atoms with Gasteiger partial charge >= 0.3 is 5.97 Å². The van der Waals surface area contributed by atoms with E-state index in [0.29, 0.717) is 25.7 Å². The van der Waals surface area contributed by atoms with Crippen molar-refractivity contribution in [1.29, 1.82) is 0 Å². The lowest BCUT2D eigenvalue weighted by molar-refractivity contribution is -0.457. The van der Waals surface area contributed by atoms with E-state index in [2.05, 4.69) is 11.6 Å². The average Bonchev–Trinajstić information content (AvgIpc) is 2.93. The van der Waals surface area contributed by atoms with Crippen molar-refractivity contribution in [1.82, 2.24) is 4.98 Å². The molecule has 4 bridgehead atoms. The van der Waals surface area contributed by atoms with Gasteiger partial charge in [0.2, 0.25) is 5.79 Å². The van der Waals surface area contributed by atoms with E-state index in [9.17, 15) is 24.9 Å². The van der Waals surface area contributed by atoms with Gasteiger partial charge in [-0.05, 0) is 54.7 Å². The van der Waals surface area contributed by atoms with Crippen LogP contribution in [0.25, 0.3) is 0 Å². The Bertz CT molecular complexity index is 1150. The second kappa shape index (κ2) is 7.13. The molecule has 9 heteroatoms. The second-order valence-corrected chi connectivity index (χ2v) is 12.0. The molecule has 9 atom stereocenters. The monoisotopic (exact) mass is 503 g/mol. The molecular formula is C26H30ClNO7. The summed E-state index contributed by atoms with van der Waals surface area (Å²) in [5, 5.41) is 35.3. The molecule has 1 aromatic rings. The number of hydrogen-bond donors (Lipinski definition) is 3. The van der Waals surface area contributed by atoms with Gasteiger partial charge in [-0.25, -0.2) is 9.78 Å². The van der Waals surface area contributed by atoms with Crippen molar-refractivity contribution >= 4 is 23.4 Å². The van der Waals surface area contributed by atoms with Gasteiger partial charge in [0.25, 0.3) is 0 Å². The Kier molecular flexibility index (Phi) is 4.80. The second-order valence-electron chi connectivity index (χ2n) is 11.7. The number of rotatable bonds is 2. The summed E-state index contributed by atoms with van der Waals surface area (Å²) in [5.74, 6) is -5.15. The van der Waals surface area contributed by atoms with Crippen LogP contribution in [0.4, 0.5) is 0 Å². The van der Waals surface area contributed by atoms with Crippen molar-refractivity contribution in [3.63, 3.8) is 0 Å². The highest BCUT2D eigenvalue weighted by atomic mass is 35.5. The summed E-state index contributed by atoms with van der Waals surface area (Å²) in [6, 6.07) is 3.03. The maximum Gasteiger partial charge on any atom is 0.341 e. The van der Waals surface area contributed by atoms with Crippen LogP contribution in [0, 0.1) is 34.0 Å². The van der Waals surface area contributed by atoms with Crippen molar-refractivity contribution in [2.45, 2.75) is 63.6 Å². The molecule has 188 valence electrons. The van der Waals surface area contributed by atoms with E-state index in [4.69, 9.17) is 21.1 Å². The van der Waals surface area contributed by atoms with E-state index in [1.165, 1.54) is 12.3 Å². The highest BCUT2D eigenvalue weighted by molar-refractivity contribution is 6.32. The quantitative estimate of drug-likeness (QED) is 0.319. The third kappa shape index (κ3) is 2.50. The lowest BCUT2D eigenvalue weighted by Gasteiger charge is -2.74. The fourth-order valence-corrected chi connectivity index (χ4v) is 8.95. The molecule has 2 aliphatic heterocycles. The number of fused-ring (bicyclic) bond motifs is 2. The standard InChI is InChI=1S/C26H30ClNO7/c1-12-13-6-7-15-24-11-34-26(33,19(31)17(24)23(2,3)9-8-16(24)29)25(15,18(12)30)20(13)35-22(32)14-5-4-10-28-21(14)27/h4-5,10,13,15-17,19-20,29,31,33H,1,6-9,11H2,2-3H3/t13-,15-,16-,17+,19-,20+,24+,25-,26+/m0/s1. The SMILES string of the molecule is C=C1C(=O)[C@]23[C@H](OC(=O)c4cccnc4Cl)[C@H]1CC[C@H]2[C@@]12CO[C@]3(O)[C@@H](O)[C@@H]1C(C)(C)CC[C@@H]2O. The molecule has 2 saturated heterocycles. The average molecular weight is 504 g/mol. The molecule has 6 fully saturated rings. The van der Waals surface area contributed by atoms with Gasteiger partial charge in [-0.1, -0.05) is 32.0 Å². The van der Waals surface area contributed by atoms with Gasteiger partial charge in [-0.2, -0.15) is 0 Å². The molecule has 1 aromatic heterocycles. The molecule has 7 rings (SSSR count). The highest BCUT2D eigenvalue weighted by Crippen LogP contribution is 2.76. The van der Waals surface area contributed by atoms with Crippen LogP contribution in [0.2, 0.25) is 5.15 Å². The third-order valence-electron chi connectivity index (χ3n) is 10.1. The molecule has 0 amide bonds. The minimum absolute atomic E-state index is 0.0156. The van der Waals surface area contributed by atoms with E-state index in [-0.39, 0.29) is 22.9 Å². The number of hydrogen-bond acceptors (Lipinski definition) is 8. The van der Waals surface area contributed by atoms with Crippen LogP contribution in [0.3, 0.4) is 0 Å². The number of aliphatic hydroxyl groups is 3. The molecule has 8 nitrogen and oxygen atoms in total. The lowest BCUT2D eigenvalue weighted by atomic mass is 9.35. The Morgan fingerprint density at radius 2 is 2.03 bits per heavy atom. The van der Waals surface area contributed by atoms with Crippen LogP contribution in [-0.4, -0.2) is 62.8 Å². The summed E-state index contributed by atoms with van der Waals surface area (Å²) < 4.78 is 12.0. The van der Waals surface area contributed by atoms with E-state index >= 15 is 0 Å². The molecule has 35 heavy (non-hydrogen) atoms. The molecule has 4 aliphatic carbocycles. The Hall–Kier alpha value is -1.84. The summed E-state index contributed by atoms with van der Waals surface area (Å²) in [6.45, 7) is 8.07. The Morgan fingerprint density at radius 3 is 2.74 bits per heavy atom. The van der Waals surface area contributed by atoms with Crippen molar-refractivity contribution in [2.24, 2.45) is 34.0 Å². The zero-order valence-electron chi connectivity index (χ0n) is 19.7. The molecule has 3 heterocycles. The topological polar surface area (TPSA) is 126 Å². The van der Waals surface area contributed by atoms with Gasteiger partial charge in [0.05, 0.1) is 18.3 Å². The predicted octanol–water partition coefficient (Wildman–Crippen LogP) is 2.29. The molecule has 0 unspecified atom stereocenters.